The molecule has 2 rings (SSSR count). The van der Waals surface area contributed by atoms with Gasteiger partial charge in [-0.15, -0.1) is 0 Å². The second-order valence-corrected chi connectivity index (χ2v) is 3.32. The Morgan fingerprint density at radius 1 is 1.29 bits per heavy atom. The second kappa shape index (κ2) is 3.18. The zero-order chi connectivity index (χ0) is 10.1. The third kappa shape index (κ3) is 1.48. The number of oxazole rings is 1. The minimum atomic E-state index is -0.404. The lowest BCUT2D eigenvalue weighted by molar-refractivity contribution is 0.488. The van der Waals surface area contributed by atoms with E-state index in [9.17, 15) is 4.79 Å². The van der Waals surface area contributed by atoms with E-state index in [1.165, 1.54) is 0 Å². The van der Waals surface area contributed by atoms with Gasteiger partial charge in [-0.3, -0.25) is 4.98 Å². The van der Waals surface area contributed by atoms with Gasteiger partial charge < -0.3 is 4.42 Å². The first-order valence-electron chi connectivity index (χ1n) is 4.43. The van der Waals surface area contributed by atoms with Crippen LogP contribution in [0.15, 0.2) is 33.5 Å². The number of aromatic nitrogens is 1. The number of aryl methyl sites for hydroxylation is 2. The molecule has 0 amide bonds. The van der Waals surface area contributed by atoms with Crippen molar-refractivity contribution in [3.8, 4) is 11.3 Å². The van der Waals surface area contributed by atoms with E-state index in [0.717, 1.165) is 16.8 Å². The monoisotopic (exact) mass is 189 g/mol. The van der Waals surface area contributed by atoms with E-state index < -0.39 is 5.76 Å². The van der Waals surface area contributed by atoms with Crippen LogP contribution in [-0.2, 0) is 0 Å². The summed E-state index contributed by atoms with van der Waals surface area (Å²) in [5.41, 5.74) is 2.90. The van der Waals surface area contributed by atoms with Gasteiger partial charge >= 0.3 is 5.76 Å². The van der Waals surface area contributed by atoms with Crippen molar-refractivity contribution in [2.75, 3.05) is 0 Å². The summed E-state index contributed by atoms with van der Waals surface area (Å²) in [6, 6.07) is 7.92. The molecule has 0 radical (unpaired) electrons. The molecule has 0 aliphatic heterocycles. The lowest BCUT2D eigenvalue weighted by Gasteiger charge is -1.99. The molecule has 72 valence electrons. The highest BCUT2D eigenvalue weighted by Gasteiger charge is 2.06. The number of hydrogen-bond donors (Lipinski definition) is 1. The first-order chi connectivity index (χ1) is 6.66. The third-order valence-corrected chi connectivity index (χ3v) is 2.13. The predicted octanol–water partition coefficient (Wildman–Crippen LogP) is 2.25. The van der Waals surface area contributed by atoms with Crippen LogP contribution in [0.2, 0.25) is 0 Å². The molecule has 1 heterocycles. The molecule has 0 saturated heterocycles. The molecule has 1 aromatic heterocycles. The zero-order valence-corrected chi connectivity index (χ0v) is 8.13. The van der Waals surface area contributed by atoms with Crippen molar-refractivity contribution in [1.29, 1.82) is 0 Å². The van der Waals surface area contributed by atoms with Crippen LogP contribution in [0.25, 0.3) is 11.3 Å². The summed E-state index contributed by atoms with van der Waals surface area (Å²) in [4.78, 5) is 13.6. The molecule has 1 N–H and O–H groups in total. The summed E-state index contributed by atoms with van der Waals surface area (Å²) < 4.78 is 4.90. The summed E-state index contributed by atoms with van der Waals surface area (Å²) in [5, 5.41) is 0. The quantitative estimate of drug-likeness (QED) is 0.747. The van der Waals surface area contributed by atoms with E-state index in [2.05, 4.69) is 4.98 Å². The van der Waals surface area contributed by atoms with Crippen LogP contribution < -0.4 is 5.76 Å². The van der Waals surface area contributed by atoms with E-state index in [1.807, 2.05) is 31.2 Å². The fourth-order valence-corrected chi connectivity index (χ4v) is 1.48. The van der Waals surface area contributed by atoms with Gasteiger partial charge in [-0.25, -0.2) is 4.79 Å². The lowest BCUT2D eigenvalue weighted by Crippen LogP contribution is -1.94. The van der Waals surface area contributed by atoms with Gasteiger partial charge in [0.25, 0.3) is 0 Å². The number of aromatic amines is 1. The van der Waals surface area contributed by atoms with Gasteiger partial charge in [0.05, 0.1) is 5.69 Å². The van der Waals surface area contributed by atoms with Gasteiger partial charge in [-0.1, -0.05) is 23.8 Å². The Kier molecular flexibility index (Phi) is 2.00. The molecule has 1 aromatic carbocycles. The van der Waals surface area contributed by atoms with Crippen molar-refractivity contribution in [1.82, 2.24) is 4.98 Å². The Morgan fingerprint density at radius 3 is 2.64 bits per heavy atom. The average molecular weight is 189 g/mol. The minimum Gasteiger partial charge on any atom is -0.413 e. The van der Waals surface area contributed by atoms with Gasteiger partial charge in [0.1, 0.15) is 5.76 Å². The van der Waals surface area contributed by atoms with Gasteiger partial charge in [0.15, 0.2) is 0 Å². The Balaban J connectivity index is 2.59. The smallest absolute Gasteiger partial charge is 0.413 e. The molecule has 0 aliphatic rings. The Labute approximate surface area is 81.4 Å². The minimum absolute atomic E-state index is 0.404. The second-order valence-electron chi connectivity index (χ2n) is 3.32. The first kappa shape index (κ1) is 8.81. The topological polar surface area (TPSA) is 46.0 Å². The normalized spacial score (nSPS) is 10.4. The van der Waals surface area contributed by atoms with Crippen LogP contribution >= 0.6 is 0 Å². The molecule has 3 heteroatoms. The van der Waals surface area contributed by atoms with Crippen LogP contribution in [-0.4, -0.2) is 4.98 Å². The highest BCUT2D eigenvalue weighted by molar-refractivity contribution is 5.61. The Hall–Kier alpha value is -1.77. The average Bonchev–Trinajstić information content (AvgIpc) is 2.45. The summed E-state index contributed by atoms with van der Waals surface area (Å²) in [6.45, 7) is 3.78. The van der Waals surface area contributed by atoms with Crippen molar-refractivity contribution < 1.29 is 4.42 Å². The van der Waals surface area contributed by atoms with E-state index in [-0.39, 0.29) is 0 Å². The van der Waals surface area contributed by atoms with E-state index in [4.69, 9.17) is 4.42 Å². The number of rotatable bonds is 1. The van der Waals surface area contributed by atoms with Crippen molar-refractivity contribution in [2.45, 2.75) is 13.8 Å². The predicted molar refractivity (Wildman–Crippen MR) is 54.2 cm³/mol. The SMILES string of the molecule is Cc1cccc(-c2[nH]c(=O)oc2C)c1. The van der Waals surface area contributed by atoms with Gasteiger partial charge in [-0.05, 0) is 19.9 Å². The van der Waals surface area contributed by atoms with E-state index in [1.54, 1.807) is 6.92 Å². The fraction of sp³-hybridized carbons (Fsp3) is 0.182. The molecule has 0 fully saturated rings. The molecule has 0 bridgehead atoms. The highest BCUT2D eigenvalue weighted by Crippen LogP contribution is 2.20. The van der Waals surface area contributed by atoms with Crippen LogP contribution in [0.5, 0.6) is 0 Å². The molecule has 14 heavy (non-hydrogen) atoms. The van der Waals surface area contributed by atoms with Crippen LogP contribution in [0.4, 0.5) is 0 Å². The number of nitrogens with one attached hydrogen (secondary N) is 1. The Morgan fingerprint density at radius 2 is 2.07 bits per heavy atom. The lowest BCUT2D eigenvalue weighted by atomic mass is 10.1. The molecule has 2 aromatic rings. The highest BCUT2D eigenvalue weighted by atomic mass is 16.4. The van der Waals surface area contributed by atoms with Crippen molar-refractivity contribution in [3.05, 3.63) is 46.1 Å². The summed E-state index contributed by atoms with van der Waals surface area (Å²) in [7, 11) is 0. The summed E-state index contributed by atoms with van der Waals surface area (Å²) in [5.74, 6) is 0.222. The maximum Gasteiger partial charge on any atom is 0.416 e. The number of benzene rings is 1. The number of hydrogen-bond acceptors (Lipinski definition) is 2. The van der Waals surface area contributed by atoms with Crippen molar-refractivity contribution >= 4 is 0 Å². The Bertz CT molecular complexity index is 508. The molecule has 0 spiro atoms. The van der Waals surface area contributed by atoms with Gasteiger partial charge in [0.2, 0.25) is 0 Å². The van der Waals surface area contributed by atoms with Gasteiger partial charge in [0, 0.05) is 5.56 Å². The molecular formula is C11H11NO2. The molecular weight excluding hydrogens is 178 g/mol. The first-order valence-corrected chi connectivity index (χ1v) is 4.43. The van der Waals surface area contributed by atoms with Crippen LogP contribution in [0.3, 0.4) is 0 Å². The third-order valence-electron chi connectivity index (χ3n) is 2.13. The maximum atomic E-state index is 10.9. The van der Waals surface area contributed by atoms with Crippen LogP contribution in [0.1, 0.15) is 11.3 Å². The summed E-state index contributed by atoms with van der Waals surface area (Å²) in [6.07, 6.45) is 0. The largest absolute Gasteiger partial charge is 0.416 e. The van der Waals surface area contributed by atoms with Crippen molar-refractivity contribution in [2.24, 2.45) is 0 Å². The molecule has 0 aliphatic carbocycles. The molecule has 3 nitrogen and oxygen atoms in total. The van der Waals surface area contributed by atoms with Gasteiger partial charge in [-0.2, -0.15) is 0 Å². The van der Waals surface area contributed by atoms with E-state index >= 15 is 0 Å². The number of H-pyrrole nitrogens is 1. The molecule has 0 atom stereocenters. The molecule has 0 saturated carbocycles. The fourth-order valence-electron chi connectivity index (χ4n) is 1.48. The van der Waals surface area contributed by atoms with E-state index in [0.29, 0.717) is 5.76 Å². The van der Waals surface area contributed by atoms with Crippen LogP contribution in [0, 0.1) is 13.8 Å². The van der Waals surface area contributed by atoms with Crippen molar-refractivity contribution in [3.63, 3.8) is 0 Å². The standard InChI is InChI=1S/C11H11NO2/c1-7-4-3-5-9(6-7)10-8(2)14-11(13)12-10/h3-6H,1-2H3,(H,12,13). The summed E-state index contributed by atoms with van der Waals surface area (Å²) >= 11 is 0. The zero-order valence-electron chi connectivity index (χ0n) is 8.13. The maximum absolute atomic E-state index is 10.9. The molecule has 0 unspecified atom stereocenters.